The van der Waals surface area contributed by atoms with E-state index in [0.29, 0.717) is 11.4 Å². The van der Waals surface area contributed by atoms with Gasteiger partial charge in [-0.05, 0) is 30.7 Å². The Labute approximate surface area is 226 Å². The molecule has 212 valence electrons. The molecule has 0 bridgehead atoms. The van der Waals surface area contributed by atoms with Gasteiger partial charge in [-0.2, -0.15) is 4.98 Å². The Morgan fingerprint density at radius 2 is 1.80 bits per heavy atom. The molecule has 16 nitrogen and oxygen atoms in total. The van der Waals surface area contributed by atoms with Crippen molar-refractivity contribution in [3.63, 3.8) is 0 Å². The molecular formula is C24H28N8O8. The summed E-state index contributed by atoms with van der Waals surface area (Å²) >= 11 is 0. The molecule has 16 heteroatoms. The van der Waals surface area contributed by atoms with Crippen LogP contribution in [0, 0.1) is 0 Å². The summed E-state index contributed by atoms with van der Waals surface area (Å²) in [5.41, 5.74) is 6.46. The summed E-state index contributed by atoms with van der Waals surface area (Å²) < 4.78 is 5.05. The first-order chi connectivity index (χ1) is 19.1. The number of nitrogens with one attached hydrogen (secondary N) is 4. The van der Waals surface area contributed by atoms with Gasteiger partial charge in [0.1, 0.15) is 6.04 Å². The number of ether oxygens (including phenoxy) is 1. The molecule has 0 radical (unpaired) electrons. The standard InChI is InChI=1S/C24H28N8O8/c25-24-31-20-19(22(37)32-24)29-15(12-28-20)11-27-14-3-1-13(2-4-14)21(36)30-16(23(38)39)5-6-17(33)26-8-10-40-9-7-18(34)35/h1-4,12,16,27H,5-11H2,(H,26,33)(H,30,36)(H,34,35)(H,38,39)(H3,25,28,31,32,37). The second-order valence-corrected chi connectivity index (χ2v) is 8.42. The Kier molecular flexibility index (Phi) is 10.4. The van der Waals surface area contributed by atoms with E-state index in [-0.39, 0.29) is 68.2 Å². The van der Waals surface area contributed by atoms with Gasteiger partial charge in [-0.3, -0.25) is 24.2 Å². The summed E-state index contributed by atoms with van der Waals surface area (Å²) in [5, 5.41) is 26.0. The van der Waals surface area contributed by atoms with Gasteiger partial charge in [0.2, 0.25) is 11.9 Å². The number of carbonyl (C=O) groups excluding carboxylic acids is 2. The first-order valence-electron chi connectivity index (χ1n) is 12.1. The predicted molar refractivity (Wildman–Crippen MR) is 140 cm³/mol. The number of benzene rings is 1. The number of aromatic amines is 1. The molecule has 0 saturated heterocycles. The van der Waals surface area contributed by atoms with Crippen molar-refractivity contribution < 1.29 is 34.1 Å². The largest absolute Gasteiger partial charge is 0.481 e. The number of carboxylic acids is 2. The zero-order chi connectivity index (χ0) is 29.1. The van der Waals surface area contributed by atoms with E-state index < -0.39 is 35.4 Å². The molecule has 0 saturated carbocycles. The number of aromatic nitrogens is 4. The van der Waals surface area contributed by atoms with E-state index >= 15 is 0 Å². The Morgan fingerprint density at radius 1 is 1.05 bits per heavy atom. The number of carbonyl (C=O) groups is 4. The van der Waals surface area contributed by atoms with Crippen molar-refractivity contribution in [1.82, 2.24) is 30.6 Å². The molecule has 2 amide bonds. The second-order valence-electron chi connectivity index (χ2n) is 8.42. The predicted octanol–water partition coefficient (Wildman–Crippen LogP) is -0.522. The number of aliphatic carboxylic acids is 2. The lowest BCUT2D eigenvalue weighted by molar-refractivity contribution is -0.140. The topological polar surface area (TPSA) is 252 Å². The van der Waals surface area contributed by atoms with E-state index in [4.69, 9.17) is 15.6 Å². The van der Waals surface area contributed by atoms with E-state index in [9.17, 15) is 29.1 Å². The summed E-state index contributed by atoms with van der Waals surface area (Å²) in [7, 11) is 0. The zero-order valence-corrected chi connectivity index (χ0v) is 21.2. The van der Waals surface area contributed by atoms with Gasteiger partial charge < -0.3 is 36.6 Å². The molecule has 1 aromatic carbocycles. The van der Waals surface area contributed by atoms with Crippen LogP contribution in [0.25, 0.3) is 11.2 Å². The summed E-state index contributed by atoms with van der Waals surface area (Å²) in [5.74, 6) is -3.40. The maximum absolute atomic E-state index is 12.6. The Hall–Kier alpha value is -5.12. The molecule has 2 aromatic heterocycles. The molecular weight excluding hydrogens is 528 g/mol. The van der Waals surface area contributed by atoms with Gasteiger partial charge in [0.05, 0.1) is 38.1 Å². The van der Waals surface area contributed by atoms with Crippen LogP contribution in [0.1, 0.15) is 35.3 Å². The lowest BCUT2D eigenvalue weighted by Gasteiger charge is -2.15. The van der Waals surface area contributed by atoms with Crippen LogP contribution in [0.2, 0.25) is 0 Å². The van der Waals surface area contributed by atoms with Crippen molar-refractivity contribution in [2.24, 2.45) is 0 Å². The Morgan fingerprint density at radius 3 is 2.50 bits per heavy atom. The summed E-state index contributed by atoms with van der Waals surface area (Å²) in [6.45, 7) is 0.493. The number of carboxylic acid groups (broad SMARTS) is 2. The molecule has 2 heterocycles. The summed E-state index contributed by atoms with van der Waals surface area (Å²) in [6, 6.07) is 4.93. The maximum atomic E-state index is 12.6. The highest BCUT2D eigenvalue weighted by Gasteiger charge is 2.21. The molecule has 1 unspecified atom stereocenters. The molecule has 0 spiro atoms. The van der Waals surface area contributed by atoms with E-state index in [0.717, 1.165) is 0 Å². The van der Waals surface area contributed by atoms with Gasteiger partial charge in [-0.15, -0.1) is 0 Å². The fourth-order valence-electron chi connectivity index (χ4n) is 3.38. The van der Waals surface area contributed by atoms with E-state index in [1.807, 2.05) is 0 Å². The second kappa shape index (κ2) is 14.1. The van der Waals surface area contributed by atoms with Crippen LogP contribution >= 0.6 is 0 Å². The van der Waals surface area contributed by atoms with Crippen LogP contribution < -0.4 is 27.2 Å². The minimum Gasteiger partial charge on any atom is -0.481 e. The highest BCUT2D eigenvalue weighted by atomic mass is 16.5. The maximum Gasteiger partial charge on any atom is 0.326 e. The quantitative estimate of drug-likeness (QED) is 0.116. The zero-order valence-electron chi connectivity index (χ0n) is 21.2. The smallest absolute Gasteiger partial charge is 0.326 e. The van der Waals surface area contributed by atoms with Crippen molar-refractivity contribution in [3.05, 3.63) is 52.1 Å². The van der Waals surface area contributed by atoms with Crippen molar-refractivity contribution in [2.75, 3.05) is 30.8 Å². The van der Waals surface area contributed by atoms with Gasteiger partial charge >= 0.3 is 11.9 Å². The molecule has 3 aromatic rings. The molecule has 3 rings (SSSR count). The lowest BCUT2D eigenvalue weighted by Crippen LogP contribution is -2.41. The van der Waals surface area contributed by atoms with Gasteiger partial charge in [0.15, 0.2) is 11.2 Å². The number of amides is 2. The molecule has 0 aliphatic carbocycles. The monoisotopic (exact) mass is 556 g/mol. The number of rotatable bonds is 15. The van der Waals surface area contributed by atoms with Gasteiger partial charge in [0, 0.05) is 24.2 Å². The van der Waals surface area contributed by atoms with Crippen molar-refractivity contribution in [1.29, 1.82) is 0 Å². The highest BCUT2D eigenvalue weighted by Crippen LogP contribution is 2.12. The number of fused-ring (bicyclic) bond motifs is 1. The van der Waals surface area contributed by atoms with Crippen molar-refractivity contribution in [2.45, 2.75) is 31.8 Å². The highest BCUT2D eigenvalue weighted by molar-refractivity contribution is 5.97. The molecule has 0 aliphatic heterocycles. The lowest BCUT2D eigenvalue weighted by atomic mass is 10.1. The van der Waals surface area contributed by atoms with Crippen LogP contribution in [-0.4, -0.2) is 79.7 Å². The first-order valence-corrected chi connectivity index (χ1v) is 12.1. The minimum absolute atomic E-state index is 0.0188. The number of anilines is 2. The van der Waals surface area contributed by atoms with Crippen LogP contribution in [0.5, 0.6) is 0 Å². The number of hydrogen-bond acceptors (Lipinski definition) is 11. The molecule has 0 aliphatic rings. The van der Waals surface area contributed by atoms with Crippen LogP contribution in [0.15, 0.2) is 35.3 Å². The Bertz CT molecular complexity index is 1430. The van der Waals surface area contributed by atoms with Crippen LogP contribution in [-0.2, 0) is 25.7 Å². The Balaban J connectivity index is 1.46. The van der Waals surface area contributed by atoms with E-state index in [1.165, 1.54) is 18.3 Å². The van der Waals surface area contributed by atoms with E-state index in [1.54, 1.807) is 12.1 Å². The number of nitrogens with two attached hydrogens (primary N) is 1. The van der Waals surface area contributed by atoms with Gasteiger partial charge in [-0.1, -0.05) is 0 Å². The SMILES string of the molecule is Nc1nc2ncc(CNc3ccc(C(=O)NC(CCC(=O)NCCOCCC(=O)O)C(=O)O)cc3)nc2c(=O)[nH]1. The van der Waals surface area contributed by atoms with E-state index in [2.05, 4.69) is 35.9 Å². The van der Waals surface area contributed by atoms with Crippen molar-refractivity contribution in [3.8, 4) is 0 Å². The molecule has 40 heavy (non-hydrogen) atoms. The number of hydrogen-bond donors (Lipinski definition) is 7. The van der Waals surface area contributed by atoms with Crippen molar-refractivity contribution >= 4 is 46.6 Å². The minimum atomic E-state index is -1.29. The third-order valence-corrected chi connectivity index (χ3v) is 5.40. The third-order valence-electron chi connectivity index (χ3n) is 5.40. The number of nitrogen functional groups attached to an aromatic ring is 1. The van der Waals surface area contributed by atoms with Gasteiger partial charge in [-0.25, -0.2) is 14.8 Å². The van der Waals surface area contributed by atoms with Crippen LogP contribution in [0.4, 0.5) is 11.6 Å². The third kappa shape index (κ3) is 9.02. The fraction of sp³-hybridized carbons (Fsp3) is 0.333. The number of nitrogens with zero attached hydrogens (tertiary/aromatic N) is 3. The summed E-state index contributed by atoms with van der Waals surface area (Å²) in [4.78, 5) is 73.1. The summed E-state index contributed by atoms with van der Waals surface area (Å²) in [6.07, 6.45) is 1.02. The van der Waals surface area contributed by atoms with Gasteiger partial charge in [0.25, 0.3) is 11.5 Å². The molecule has 8 N–H and O–H groups in total. The normalized spacial score (nSPS) is 11.5. The fourth-order valence-corrected chi connectivity index (χ4v) is 3.38. The first kappa shape index (κ1) is 29.4. The van der Waals surface area contributed by atoms with Crippen LogP contribution in [0.3, 0.4) is 0 Å². The molecule has 1 atom stereocenters. The average molecular weight is 557 g/mol. The number of H-pyrrole nitrogens is 1. The average Bonchev–Trinajstić information content (AvgIpc) is 2.91. The molecule has 0 fully saturated rings.